The number of carbonyl (C=O) groups excluding carboxylic acids is 1. The van der Waals surface area contributed by atoms with Crippen molar-refractivity contribution in [1.82, 2.24) is 9.97 Å². The molecule has 0 unspecified atom stereocenters. The second-order valence-corrected chi connectivity index (χ2v) is 7.67. The lowest BCUT2D eigenvalue weighted by atomic mass is 10.2. The standard InChI is InChI=1S/C26H26N6O2/c1-17-6-4-5-7-23(17)31-26(33)30-21-10-8-20(9-11-21)29-25-27-18(2)16-24(32-25)28-19-12-14-22(34-3)15-13-19/h4-16H,1-3H3,(H2,30,31,33)(H2,27,28,29,32). The molecule has 34 heavy (non-hydrogen) atoms. The predicted molar refractivity (Wildman–Crippen MR) is 137 cm³/mol. The Balaban J connectivity index is 1.38. The molecule has 0 bridgehead atoms. The zero-order valence-corrected chi connectivity index (χ0v) is 19.2. The van der Waals surface area contributed by atoms with Crippen LogP contribution in [-0.4, -0.2) is 23.1 Å². The molecule has 1 aromatic heterocycles. The molecule has 4 aromatic rings. The number of aryl methyl sites for hydroxylation is 2. The van der Waals surface area contributed by atoms with Crippen molar-refractivity contribution < 1.29 is 9.53 Å². The number of nitrogens with zero attached hydrogens (tertiary/aromatic N) is 2. The Labute approximate surface area is 198 Å². The molecular formula is C26H26N6O2. The molecule has 0 aliphatic heterocycles. The van der Waals surface area contributed by atoms with Crippen LogP contribution in [-0.2, 0) is 0 Å². The number of urea groups is 1. The van der Waals surface area contributed by atoms with Crippen LogP contribution in [0.4, 0.5) is 39.3 Å². The first-order valence-electron chi connectivity index (χ1n) is 10.8. The number of hydrogen-bond donors (Lipinski definition) is 4. The molecule has 0 spiro atoms. The molecule has 2 amide bonds. The number of methoxy groups -OCH3 is 1. The summed E-state index contributed by atoms with van der Waals surface area (Å²) in [6.07, 6.45) is 0. The molecule has 0 radical (unpaired) electrons. The Morgan fingerprint density at radius 1 is 0.765 bits per heavy atom. The Morgan fingerprint density at radius 2 is 1.41 bits per heavy atom. The number of hydrogen-bond acceptors (Lipinski definition) is 6. The third-order valence-electron chi connectivity index (χ3n) is 5.01. The van der Waals surface area contributed by atoms with Crippen LogP contribution in [0, 0.1) is 13.8 Å². The Kier molecular flexibility index (Phi) is 6.88. The van der Waals surface area contributed by atoms with Crippen molar-refractivity contribution >= 4 is 40.5 Å². The van der Waals surface area contributed by atoms with Gasteiger partial charge in [-0.1, -0.05) is 18.2 Å². The molecular weight excluding hydrogens is 428 g/mol. The van der Waals surface area contributed by atoms with Gasteiger partial charge in [0, 0.05) is 34.5 Å². The van der Waals surface area contributed by atoms with Gasteiger partial charge in [-0.2, -0.15) is 4.98 Å². The first-order valence-corrected chi connectivity index (χ1v) is 10.8. The van der Waals surface area contributed by atoms with Gasteiger partial charge in [-0.15, -0.1) is 0 Å². The van der Waals surface area contributed by atoms with Crippen molar-refractivity contribution in [2.45, 2.75) is 13.8 Å². The summed E-state index contributed by atoms with van der Waals surface area (Å²) in [6.45, 7) is 3.85. The summed E-state index contributed by atoms with van der Waals surface area (Å²) in [6, 6.07) is 24.1. The summed E-state index contributed by atoms with van der Waals surface area (Å²) < 4.78 is 5.19. The highest BCUT2D eigenvalue weighted by Gasteiger charge is 2.07. The van der Waals surface area contributed by atoms with E-state index >= 15 is 0 Å². The van der Waals surface area contributed by atoms with E-state index in [1.165, 1.54) is 0 Å². The number of anilines is 6. The summed E-state index contributed by atoms with van der Waals surface area (Å²) >= 11 is 0. The summed E-state index contributed by atoms with van der Waals surface area (Å²) in [5.41, 5.74) is 4.95. The summed E-state index contributed by atoms with van der Waals surface area (Å²) in [5.74, 6) is 1.93. The van der Waals surface area contributed by atoms with Gasteiger partial charge in [-0.3, -0.25) is 0 Å². The molecule has 0 fully saturated rings. The maximum absolute atomic E-state index is 12.3. The first-order chi connectivity index (χ1) is 16.5. The molecule has 4 N–H and O–H groups in total. The van der Waals surface area contributed by atoms with Crippen molar-refractivity contribution in [2.24, 2.45) is 0 Å². The molecule has 0 atom stereocenters. The van der Waals surface area contributed by atoms with E-state index in [-0.39, 0.29) is 6.03 Å². The van der Waals surface area contributed by atoms with Crippen LogP contribution in [0.1, 0.15) is 11.3 Å². The summed E-state index contributed by atoms with van der Waals surface area (Å²) in [7, 11) is 1.64. The van der Waals surface area contributed by atoms with E-state index in [0.29, 0.717) is 17.5 Å². The van der Waals surface area contributed by atoms with Crippen molar-refractivity contribution in [3.05, 3.63) is 90.1 Å². The quantitative estimate of drug-likeness (QED) is 0.264. The number of amides is 2. The van der Waals surface area contributed by atoms with E-state index in [1.54, 1.807) is 7.11 Å². The Morgan fingerprint density at radius 3 is 2.12 bits per heavy atom. The van der Waals surface area contributed by atoms with Crippen LogP contribution in [0.15, 0.2) is 78.9 Å². The van der Waals surface area contributed by atoms with E-state index < -0.39 is 0 Å². The monoisotopic (exact) mass is 454 g/mol. The lowest BCUT2D eigenvalue weighted by molar-refractivity contribution is 0.262. The molecule has 4 rings (SSSR count). The zero-order chi connectivity index (χ0) is 23.9. The van der Waals surface area contributed by atoms with Gasteiger partial charge in [0.05, 0.1) is 7.11 Å². The minimum absolute atomic E-state index is 0.300. The molecule has 0 saturated carbocycles. The van der Waals surface area contributed by atoms with Crippen molar-refractivity contribution in [1.29, 1.82) is 0 Å². The smallest absolute Gasteiger partial charge is 0.323 e. The molecule has 172 valence electrons. The second kappa shape index (κ2) is 10.4. The highest BCUT2D eigenvalue weighted by Crippen LogP contribution is 2.22. The number of para-hydroxylation sites is 1. The van der Waals surface area contributed by atoms with Gasteiger partial charge >= 0.3 is 6.03 Å². The average molecular weight is 455 g/mol. The number of aromatic nitrogens is 2. The lowest BCUT2D eigenvalue weighted by Crippen LogP contribution is -2.19. The number of nitrogens with one attached hydrogen (secondary N) is 4. The first kappa shape index (κ1) is 22.6. The van der Waals surface area contributed by atoms with Crippen molar-refractivity contribution in [2.75, 3.05) is 28.4 Å². The molecule has 0 saturated heterocycles. The molecule has 1 heterocycles. The second-order valence-electron chi connectivity index (χ2n) is 7.67. The average Bonchev–Trinajstić information content (AvgIpc) is 2.82. The third-order valence-corrected chi connectivity index (χ3v) is 5.01. The number of rotatable bonds is 7. The number of carbonyl (C=O) groups is 1. The van der Waals surface area contributed by atoms with Crippen LogP contribution in [0.5, 0.6) is 5.75 Å². The SMILES string of the molecule is COc1ccc(Nc2cc(C)nc(Nc3ccc(NC(=O)Nc4ccccc4C)cc3)n2)cc1. The van der Waals surface area contributed by atoms with E-state index in [0.717, 1.165) is 34.1 Å². The van der Waals surface area contributed by atoms with E-state index in [4.69, 9.17) is 4.74 Å². The van der Waals surface area contributed by atoms with E-state index in [9.17, 15) is 4.79 Å². The highest BCUT2D eigenvalue weighted by atomic mass is 16.5. The van der Waals surface area contributed by atoms with Crippen LogP contribution in [0.25, 0.3) is 0 Å². The predicted octanol–water partition coefficient (Wildman–Crippen LogP) is 6.23. The Bertz CT molecular complexity index is 1270. The minimum atomic E-state index is -0.300. The van der Waals surface area contributed by atoms with Crippen LogP contribution < -0.4 is 26.0 Å². The molecule has 8 nitrogen and oxygen atoms in total. The van der Waals surface area contributed by atoms with Crippen LogP contribution >= 0.6 is 0 Å². The highest BCUT2D eigenvalue weighted by molar-refractivity contribution is 6.00. The Hall–Kier alpha value is -4.59. The fourth-order valence-electron chi connectivity index (χ4n) is 3.27. The summed E-state index contributed by atoms with van der Waals surface area (Å²) in [4.78, 5) is 21.3. The third kappa shape index (κ3) is 6.01. The van der Waals surface area contributed by atoms with Gasteiger partial charge in [0.2, 0.25) is 5.95 Å². The van der Waals surface area contributed by atoms with Crippen molar-refractivity contribution in [3.63, 3.8) is 0 Å². The minimum Gasteiger partial charge on any atom is -0.497 e. The molecule has 3 aromatic carbocycles. The van der Waals surface area contributed by atoms with Gasteiger partial charge in [0.25, 0.3) is 0 Å². The van der Waals surface area contributed by atoms with E-state index in [2.05, 4.69) is 31.2 Å². The molecule has 0 aliphatic carbocycles. The van der Waals surface area contributed by atoms with Gasteiger partial charge in [0.15, 0.2) is 0 Å². The topological polar surface area (TPSA) is 100 Å². The van der Waals surface area contributed by atoms with Crippen LogP contribution in [0.3, 0.4) is 0 Å². The summed E-state index contributed by atoms with van der Waals surface area (Å²) in [5, 5.41) is 12.2. The number of benzene rings is 3. The van der Waals surface area contributed by atoms with Gasteiger partial charge in [0.1, 0.15) is 11.6 Å². The van der Waals surface area contributed by atoms with Crippen LogP contribution in [0.2, 0.25) is 0 Å². The van der Waals surface area contributed by atoms with Gasteiger partial charge in [-0.05, 0) is 74.0 Å². The molecule has 8 heteroatoms. The van der Waals surface area contributed by atoms with Gasteiger partial charge in [-0.25, -0.2) is 9.78 Å². The normalized spacial score (nSPS) is 10.3. The maximum atomic E-state index is 12.3. The fourth-order valence-corrected chi connectivity index (χ4v) is 3.27. The largest absolute Gasteiger partial charge is 0.497 e. The fraction of sp³-hybridized carbons (Fsp3) is 0.115. The maximum Gasteiger partial charge on any atom is 0.323 e. The van der Waals surface area contributed by atoms with Crippen molar-refractivity contribution in [3.8, 4) is 5.75 Å². The van der Waals surface area contributed by atoms with E-state index in [1.807, 2.05) is 92.7 Å². The number of ether oxygens (including phenoxy) is 1. The lowest BCUT2D eigenvalue weighted by Gasteiger charge is -2.12. The van der Waals surface area contributed by atoms with Gasteiger partial charge < -0.3 is 26.0 Å². The zero-order valence-electron chi connectivity index (χ0n) is 19.2. The molecule has 0 aliphatic rings.